The lowest BCUT2D eigenvalue weighted by molar-refractivity contribution is -0.141. The van der Waals surface area contributed by atoms with Gasteiger partial charge in [-0.1, -0.05) is 18.7 Å². The van der Waals surface area contributed by atoms with Gasteiger partial charge in [0.15, 0.2) is 10.8 Å². The van der Waals surface area contributed by atoms with E-state index in [1.54, 1.807) is 23.9 Å². The van der Waals surface area contributed by atoms with Crippen molar-refractivity contribution in [2.24, 2.45) is 26.4 Å². The van der Waals surface area contributed by atoms with Gasteiger partial charge in [-0.05, 0) is 65.5 Å². The first-order valence-corrected chi connectivity index (χ1v) is 38.0. The minimum atomic E-state index is -2.31. The molecular weight excluding hydrogens is 1460 g/mol. The van der Waals surface area contributed by atoms with E-state index >= 15 is 4.79 Å². The Kier molecular flexibility index (Phi) is 24.4. The summed E-state index contributed by atoms with van der Waals surface area (Å²) >= 11 is 7.53. The van der Waals surface area contributed by atoms with Crippen molar-refractivity contribution >= 4 is 180 Å². The number of allylic oxidation sites excluding steroid dienone is 2. The summed E-state index contributed by atoms with van der Waals surface area (Å²) in [6, 6.07) is -6.00. The van der Waals surface area contributed by atoms with Crippen LogP contribution < -0.4 is 64.6 Å². The number of fused-ring (bicyclic) bond motifs is 8. The number of aromatic nitrogens is 4. The van der Waals surface area contributed by atoms with Gasteiger partial charge in [0.1, 0.15) is 78.0 Å². The molecule has 538 valence electrons. The lowest BCUT2D eigenvalue weighted by Crippen LogP contribution is -2.60. The van der Waals surface area contributed by atoms with Gasteiger partial charge in [-0.15, -0.1) is 81.1 Å². The number of nitrogens with two attached hydrogens (primary N) is 2. The Morgan fingerprint density at radius 1 is 0.814 bits per heavy atom. The maximum atomic E-state index is 15.0. The summed E-state index contributed by atoms with van der Waals surface area (Å²) in [6.45, 7) is 8.94. The molecule has 16 N–H and O–H groups in total. The molecule has 102 heavy (non-hydrogen) atoms. The molecule has 0 spiro atoms. The number of thiazole rings is 3. The number of pyridine rings is 1. The second-order valence-electron chi connectivity index (χ2n) is 23.5. The standard InChI is InChI=1S/C61H69N21O13S7/c1-6-28-48(89)81-61(5)59(95)80-30(10-8-14-65-60(63)64)45(86)66-19-42(84)71-29(7-2)57(92)82-15-9-11-38(82)49(90)69-25(3)43-27(44(85)74-32(16-41(62)83)54-76-34(20-97-54)47(88)73-28)12-13-31(72-43)52-68-18-40(102-52)56-77-33(21-99-56)46(87)70-26(4)51-78-36(23-96-51)55-79-35(22-98-55)53-67-17-39(101-53)50(91)75-37(24-100-61)58(93)94/h6-7,12-13,17-18,22-23,25,30,32-34,37-39,53H,4,8-11,14-16,19-21,24H2,1-3,5H3,(H2,62,83)(H,66,86)(H,69,90)(H,70,87)(H,71,84)(H,73,88)(H,74,85)(H,75,91)(H,80,95)(H,81,89)(H,93,94)(H4,63,64,65)/b28-6-,29-7-/t25-,30+,32+,33+,34+,37+,38+,39-,53?,61+/m1/s1. The van der Waals surface area contributed by atoms with Crippen LogP contribution in [0.1, 0.15) is 103 Å². The van der Waals surface area contributed by atoms with Crippen molar-refractivity contribution in [3.05, 3.63) is 86.1 Å². The van der Waals surface area contributed by atoms with Crippen LogP contribution in [0.25, 0.3) is 27.1 Å². The van der Waals surface area contributed by atoms with Crippen LogP contribution in [0, 0.1) is 5.41 Å². The van der Waals surface area contributed by atoms with Crippen molar-refractivity contribution < 1.29 is 62.6 Å². The molecule has 16 bridgehead atoms. The predicted octanol–water partition coefficient (Wildman–Crippen LogP) is 0.341. The molecule has 4 aromatic rings. The minimum Gasteiger partial charge on any atom is -0.480 e. The third-order valence-corrected chi connectivity index (χ3v) is 23.9. The van der Waals surface area contributed by atoms with Crippen LogP contribution in [0.15, 0.2) is 74.2 Å². The van der Waals surface area contributed by atoms with Gasteiger partial charge >= 0.3 is 5.97 Å². The van der Waals surface area contributed by atoms with E-state index in [2.05, 4.69) is 79.7 Å². The molecule has 4 aromatic heterocycles. The van der Waals surface area contributed by atoms with Crippen LogP contribution in [-0.2, 0) is 52.7 Å². The number of carbonyl (C=O) groups is 12. The number of hydrogen-bond donors (Lipinski definition) is 14. The molecule has 1 saturated heterocycles. The Bertz CT molecular complexity index is 4260. The monoisotopic (exact) mass is 1530 g/mol. The molecule has 41 heteroatoms. The molecule has 0 aromatic carbocycles. The summed E-state index contributed by atoms with van der Waals surface area (Å²) in [5.41, 5.74) is 11.9. The first kappa shape index (κ1) is 75.2. The number of thioether (sulfide) groups is 4. The Morgan fingerprint density at radius 3 is 2.30 bits per heavy atom. The largest absolute Gasteiger partial charge is 0.480 e. The molecule has 11 rings (SSSR count). The molecule has 0 radical (unpaired) electrons. The Balaban J connectivity index is 1.04. The zero-order chi connectivity index (χ0) is 73.3. The van der Waals surface area contributed by atoms with Gasteiger partial charge in [0, 0.05) is 53.5 Å². The number of aliphatic carboxylic acids is 1. The molecule has 7 aliphatic heterocycles. The summed E-state index contributed by atoms with van der Waals surface area (Å²) in [5, 5.41) is 48.0. The van der Waals surface area contributed by atoms with Crippen molar-refractivity contribution in [3.63, 3.8) is 0 Å². The van der Waals surface area contributed by atoms with E-state index in [0.29, 0.717) is 54.5 Å². The molecule has 34 nitrogen and oxygen atoms in total. The number of nitrogens with zero attached hydrogens (tertiary/aromatic N) is 8. The van der Waals surface area contributed by atoms with Gasteiger partial charge < -0.3 is 74.6 Å². The highest BCUT2D eigenvalue weighted by Crippen LogP contribution is 2.40. The Morgan fingerprint density at radius 2 is 1.56 bits per heavy atom. The SMILES string of the molecule is C=C1NC(=O)[C@@H]2CSC(=N2)c2cnc(s2)-c2ccc3c(n2)[C@@H](C)NC(=O)[C@@H]2CCCN2C(=O)/C(=C/C)NC(=O)CNC(=O)[C@H](CCCNC(=N)N)NC(=O)[C@@](C)(NC(=O)/C(=C/C)NC(=O)[C@@H]2CSC(=N2)[C@H](CC(N)=O)NC3=O)SC[C@@H](C(=O)O)NC(=O)[C@H]2C=NC(S2)c2csc(n2)-c2csc1n2. The van der Waals surface area contributed by atoms with Crippen molar-refractivity contribution in [2.75, 3.05) is 36.9 Å². The molecular formula is C61H69N21O13S7. The van der Waals surface area contributed by atoms with E-state index in [-0.39, 0.29) is 77.2 Å². The molecule has 11 heterocycles. The molecule has 0 saturated carbocycles. The van der Waals surface area contributed by atoms with Gasteiger partial charge in [-0.2, -0.15) is 0 Å². The van der Waals surface area contributed by atoms with Crippen LogP contribution in [0.3, 0.4) is 0 Å². The third-order valence-electron chi connectivity index (χ3n) is 16.1. The van der Waals surface area contributed by atoms with Crippen LogP contribution in [0.5, 0.6) is 0 Å². The van der Waals surface area contributed by atoms with E-state index in [9.17, 15) is 57.8 Å². The summed E-state index contributed by atoms with van der Waals surface area (Å²) < 4.78 is 0. The van der Waals surface area contributed by atoms with Crippen molar-refractivity contribution in [3.8, 4) is 21.4 Å². The zero-order valence-electron chi connectivity index (χ0n) is 54.7. The van der Waals surface area contributed by atoms with Crippen LogP contribution in [-0.4, -0.2) is 206 Å². The smallest absolute Gasteiger partial charge is 0.327 e. The Labute approximate surface area is 610 Å². The van der Waals surface area contributed by atoms with E-state index in [1.807, 2.05) is 0 Å². The van der Waals surface area contributed by atoms with Gasteiger partial charge in [0.2, 0.25) is 41.4 Å². The molecule has 1 unspecified atom stereocenters. The van der Waals surface area contributed by atoms with Gasteiger partial charge in [-0.25, -0.2) is 24.7 Å². The van der Waals surface area contributed by atoms with Crippen LogP contribution in [0.2, 0.25) is 0 Å². The minimum absolute atomic E-state index is 0.0000222. The van der Waals surface area contributed by atoms with Crippen molar-refractivity contribution in [1.82, 2.24) is 78.0 Å². The Hall–Kier alpha value is -9.42. The van der Waals surface area contributed by atoms with Gasteiger partial charge in [-0.3, -0.25) is 73.1 Å². The third kappa shape index (κ3) is 18.1. The lowest BCUT2D eigenvalue weighted by Gasteiger charge is -2.32. The highest BCUT2D eigenvalue weighted by atomic mass is 32.2. The summed E-state index contributed by atoms with van der Waals surface area (Å²) in [7, 11) is 0. The molecule has 11 amide bonds. The summed E-state index contributed by atoms with van der Waals surface area (Å²) in [5.74, 6) is -11.8. The van der Waals surface area contributed by atoms with Gasteiger partial charge in [0.25, 0.3) is 23.6 Å². The predicted molar refractivity (Wildman–Crippen MR) is 388 cm³/mol. The number of carboxylic acid groups (broad SMARTS) is 1. The second-order valence-corrected chi connectivity index (χ2v) is 30.9. The van der Waals surface area contributed by atoms with E-state index in [4.69, 9.17) is 31.8 Å². The topological polar surface area (TPSA) is 513 Å². The fraction of sp³-hybridized carbons (Fsp3) is 0.410. The van der Waals surface area contributed by atoms with Gasteiger partial charge in [0.05, 0.1) is 63.3 Å². The van der Waals surface area contributed by atoms with E-state index < -0.39 is 159 Å². The fourth-order valence-corrected chi connectivity index (χ4v) is 17.7. The molecule has 7 aliphatic rings. The molecule has 10 atom stereocenters. The maximum absolute atomic E-state index is 15.0. The highest BCUT2D eigenvalue weighted by Gasteiger charge is 2.43. The molecule has 1 fully saturated rings. The lowest BCUT2D eigenvalue weighted by atomic mass is 10.0. The number of carbonyl (C=O) groups excluding carboxylic acids is 11. The number of aliphatic imine (C=N–C) groups is 3. The number of primary amides is 1. The first-order valence-electron chi connectivity index (χ1n) is 31.5. The zero-order valence-corrected chi connectivity index (χ0v) is 60.5. The maximum Gasteiger partial charge on any atom is 0.327 e. The number of carboxylic acids is 1. The van der Waals surface area contributed by atoms with Crippen molar-refractivity contribution in [2.45, 2.75) is 118 Å². The van der Waals surface area contributed by atoms with Crippen LogP contribution in [0.4, 0.5) is 0 Å². The first-order chi connectivity index (χ1) is 48.7. The van der Waals surface area contributed by atoms with Crippen molar-refractivity contribution in [1.29, 1.82) is 5.41 Å². The van der Waals surface area contributed by atoms with E-state index in [0.717, 1.165) is 23.5 Å². The summed E-state index contributed by atoms with van der Waals surface area (Å²) in [6.07, 6.45) is 5.22. The molecule has 0 aliphatic carbocycles. The van der Waals surface area contributed by atoms with E-state index in [1.165, 1.54) is 102 Å². The van der Waals surface area contributed by atoms with Crippen LogP contribution >= 0.6 is 81.1 Å². The average molecular weight is 1530 g/mol. The number of rotatable bonds is 7. The normalized spacial score (nSPS) is 26.8. The number of guanidine groups is 1. The number of nitrogens with one attached hydrogen (secondary N) is 11. The fourth-order valence-electron chi connectivity index (χ4n) is 10.8. The number of hydrogen-bond acceptors (Lipinski definition) is 27. The highest BCUT2D eigenvalue weighted by molar-refractivity contribution is 8.15. The second kappa shape index (κ2) is 33.1. The number of amides is 11. The quantitative estimate of drug-likeness (QED) is 0.0513. The summed E-state index contributed by atoms with van der Waals surface area (Å²) in [4.78, 5) is 202. The average Bonchev–Trinajstić information content (AvgIpc) is 1.71.